The number of hydrogen-bond donors (Lipinski definition) is 2. The summed E-state index contributed by atoms with van der Waals surface area (Å²) in [4.78, 5) is 36.2. The molecule has 0 aliphatic carbocycles. The predicted molar refractivity (Wildman–Crippen MR) is 130 cm³/mol. The maximum absolute atomic E-state index is 12.2. The average molecular weight is 518 g/mol. The highest BCUT2D eigenvalue weighted by Crippen LogP contribution is 2.31. The molecule has 0 heterocycles. The minimum atomic E-state index is -0.538. The van der Waals surface area contributed by atoms with E-state index in [1.54, 1.807) is 19.1 Å². The van der Waals surface area contributed by atoms with Gasteiger partial charge in [-0.3, -0.25) is 14.4 Å². The fourth-order valence-corrected chi connectivity index (χ4v) is 3.73. The Kier molecular flexibility index (Phi) is 8.25. The van der Waals surface area contributed by atoms with Crippen molar-refractivity contribution in [3.63, 3.8) is 0 Å². The van der Waals surface area contributed by atoms with Gasteiger partial charge in [0, 0.05) is 34.1 Å². The molecule has 3 rings (SSSR count). The summed E-state index contributed by atoms with van der Waals surface area (Å²) in [7, 11) is 0. The minimum Gasteiger partial charge on any atom is -0.456 e. The minimum absolute atomic E-state index is 0.0410. The second kappa shape index (κ2) is 11.1. The summed E-state index contributed by atoms with van der Waals surface area (Å²) < 4.78 is 5.73. The molecule has 6 nitrogen and oxygen atoms in total. The topological polar surface area (TPSA) is 84.5 Å². The highest BCUT2D eigenvalue weighted by molar-refractivity contribution is 9.10. The van der Waals surface area contributed by atoms with Gasteiger partial charge in [0.15, 0.2) is 6.61 Å². The van der Waals surface area contributed by atoms with Crippen molar-refractivity contribution in [2.45, 2.75) is 26.2 Å². The van der Waals surface area contributed by atoms with Crippen LogP contribution in [0.3, 0.4) is 0 Å². The number of hydrogen-bond acceptors (Lipinski definition) is 4. The molecule has 0 unspecified atom stereocenters. The first kappa shape index (κ1) is 23.8. The Morgan fingerprint density at radius 2 is 1.62 bits per heavy atom. The summed E-state index contributed by atoms with van der Waals surface area (Å²) in [6.45, 7) is 1.37. The fourth-order valence-electron chi connectivity index (χ4n) is 3.13. The summed E-state index contributed by atoms with van der Waals surface area (Å²) in [5.74, 6) is -1.19. The number of nitrogens with one attached hydrogen (secondary N) is 2. The van der Waals surface area contributed by atoms with Gasteiger partial charge in [-0.05, 0) is 58.4 Å². The van der Waals surface area contributed by atoms with Crippen LogP contribution < -0.4 is 10.6 Å². The molecular formula is C24H22BrClN2O4. The van der Waals surface area contributed by atoms with Crippen LogP contribution in [0, 0.1) is 6.92 Å². The molecule has 32 heavy (non-hydrogen) atoms. The van der Waals surface area contributed by atoms with Gasteiger partial charge in [0.2, 0.25) is 5.91 Å². The SMILES string of the molecule is Cc1c(NC(=O)COC(=O)CCCC(=O)Nc2cccc3ccccc23)ccc(Br)c1Cl. The van der Waals surface area contributed by atoms with Gasteiger partial charge in [-0.15, -0.1) is 0 Å². The van der Waals surface area contributed by atoms with Gasteiger partial charge in [0.25, 0.3) is 5.91 Å². The molecule has 2 amide bonds. The van der Waals surface area contributed by atoms with Gasteiger partial charge in [-0.2, -0.15) is 0 Å². The van der Waals surface area contributed by atoms with Crippen LogP contribution in [-0.2, 0) is 19.1 Å². The van der Waals surface area contributed by atoms with Gasteiger partial charge < -0.3 is 15.4 Å². The number of halogens is 2. The molecule has 0 saturated heterocycles. The molecule has 0 spiro atoms. The smallest absolute Gasteiger partial charge is 0.306 e. The Labute approximate surface area is 199 Å². The van der Waals surface area contributed by atoms with Gasteiger partial charge >= 0.3 is 5.97 Å². The van der Waals surface area contributed by atoms with Crippen molar-refractivity contribution in [2.75, 3.05) is 17.2 Å². The average Bonchev–Trinajstić information content (AvgIpc) is 2.78. The first-order valence-electron chi connectivity index (χ1n) is 10.0. The number of ether oxygens (including phenoxy) is 1. The van der Waals surface area contributed by atoms with E-state index < -0.39 is 18.5 Å². The second-order valence-electron chi connectivity index (χ2n) is 7.17. The first-order valence-corrected chi connectivity index (χ1v) is 11.2. The van der Waals surface area contributed by atoms with E-state index >= 15 is 0 Å². The molecule has 3 aromatic carbocycles. The van der Waals surface area contributed by atoms with Crippen molar-refractivity contribution in [3.8, 4) is 0 Å². The number of anilines is 2. The van der Waals surface area contributed by atoms with E-state index in [4.69, 9.17) is 16.3 Å². The van der Waals surface area contributed by atoms with Crippen LogP contribution in [0.15, 0.2) is 59.1 Å². The van der Waals surface area contributed by atoms with Gasteiger partial charge in [0.05, 0.1) is 5.02 Å². The van der Waals surface area contributed by atoms with Crippen molar-refractivity contribution in [2.24, 2.45) is 0 Å². The molecule has 0 aliphatic heterocycles. The molecular weight excluding hydrogens is 496 g/mol. The van der Waals surface area contributed by atoms with Crippen LogP contribution in [0.2, 0.25) is 5.02 Å². The van der Waals surface area contributed by atoms with E-state index in [1.807, 2.05) is 42.5 Å². The Bertz CT molecular complexity index is 1160. The van der Waals surface area contributed by atoms with E-state index in [1.165, 1.54) is 0 Å². The third kappa shape index (κ3) is 6.31. The number of carbonyl (C=O) groups is 3. The lowest BCUT2D eigenvalue weighted by atomic mass is 10.1. The van der Waals surface area contributed by atoms with Crippen molar-refractivity contribution in [3.05, 3.63) is 69.7 Å². The normalized spacial score (nSPS) is 10.6. The summed E-state index contributed by atoms with van der Waals surface area (Å²) in [6, 6.07) is 16.9. The molecule has 0 saturated carbocycles. The van der Waals surface area contributed by atoms with Crippen molar-refractivity contribution < 1.29 is 19.1 Å². The molecule has 0 radical (unpaired) electrons. The summed E-state index contributed by atoms with van der Waals surface area (Å²) >= 11 is 9.46. The van der Waals surface area contributed by atoms with Crippen LogP contribution in [0.5, 0.6) is 0 Å². The highest BCUT2D eigenvalue weighted by Gasteiger charge is 2.13. The van der Waals surface area contributed by atoms with E-state index in [9.17, 15) is 14.4 Å². The number of amides is 2. The van der Waals surface area contributed by atoms with Gasteiger partial charge in [0.1, 0.15) is 0 Å². The third-order valence-corrected chi connectivity index (χ3v) is 6.20. The molecule has 166 valence electrons. The maximum Gasteiger partial charge on any atom is 0.306 e. The monoisotopic (exact) mass is 516 g/mol. The number of esters is 1. The van der Waals surface area contributed by atoms with Crippen LogP contribution >= 0.6 is 27.5 Å². The summed E-state index contributed by atoms with van der Waals surface area (Å²) in [5.41, 5.74) is 1.98. The number of carbonyl (C=O) groups excluding carboxylic acids is 3. The van der Waals surface area contributed by atoms with Crippen LogP contribution in [0.4, 0.5) is 11.4 Å². The molecule has 0 bridgehead atoms. The van der Waals surface area contributed by atoms with Crippen LogP contribution in [0.25, 0.3) is 10.8 Å². The lowest BCUT2D eigenvalue weighted by Crippen LogP contribution is -2.21. The number of rotatable bonds is 8. The van der Waals surface area contributed by atoms with Crippen molar-refractivity contribution >= 4 is 67.5 Å². The molecule has 8 heteroatoms. The molecule has 2 N–H and O–H groups in total. The molecule has 0 aromatic heterocycles. The largest absolute Gasteiger partial charge is 0.456 e. The number of benzene rings is 3. The third-order valence-electron chi connectivity index (χ3n) is 4.83. The predicted octanol–water partition coefficient (Wildman–Crippen LogP) is 5.85. The fraction of sp³-hybridized carbons (Fsp3) is 0.208. The van der Waals surface area contributed by atoms with E-state index in [0.29, 0.717) is 22.7 Å². The van der Waals surface area contributed by atoms with Crippen LogP contribution in [0.1, 0.15) is 24.8 Å². The molecule has 0 atom stereocenters. The standard InChI is InChI=1S/C24H22BrClN2O4/c1-15-19(13-12-18(25)24(15)26)27-22(30)14-32-23(31)11-5-10-21(29)28-20-9-4-7-16-6-2-3-8-17(16)20/h2-4,6-9,12-13H,5,10-11,14H2,1H3,(H,27,30)(H,28,29). The quantitative estimate of drug-likeness (QED) is 0.367. The van der Waals surface area contributed by atoms with Gasteiger partial charge in [-0.25, -0.2) is 0 Å². The lowest BCUT2D eigenvalue weighted by molar-refractivity contribution is -0.147. The van der Waals surface area contributed by atoms with Gasteiger partial charge in [-0.1, -0.05) is 48.0 Å². The molecule has 0 aliphatic rings. The van der Waals surface area contributed by atoms with Crippen molar-refractivity contribution in [1.82, 2.24) is 0 Å². The Balaban J connectivity index is 1.40. The summed E-state index contributed by atoms with van der Waals surface area (Å²) in [6.07, 6.45) is 0.527. The zero-order valence-electron chi connectivity index (χ0n) is 17.4. The Morgan fingerprint density at radius 1 is 0.906 bits per heavy atom. The molecule has 0 fully saturated rings. The van der Waals surface area contributed by atoms with E-state index in [-0.39, 0.29) is 18.7 Å². The zero-order chi connectivity index (χ0) is 23.1. The maximum atomic E-state index is 12.2. The van der Waals surface area contributed by atoms with E-state index in [0.717, 1.165) is 20.9 Å². The molecule has 3 aromatic rings. The van der Waals surface area contributed by atoms with Crippen molar-refractivity contribution in [1.29, 1.82) is 0 Å². The Morgan fingerprint density at radius 3 is 2.44 bits per heavy atom. The number of fused-ring (bicyclic) bond motifs is 1. The van der Waals surface area contributed by atoms with E-state index in [2.05, 4.69) is 26.6 Å². The summed E-state index contributed by atoms with van der Waals surface area (Å²) in [5, 5.41) is 8.04. The lowest BCUT2D eigenvalue weighted by Gasteiger charge is -2.11. The Hall–Kier alpha value is -2.90. The second-order valence-corrected chi connectivity index (χ2v) is 8.40. The first-order chi connectivity index (χ1) is 15.3. The van der Waals surface area contributed by atoms with Crippen LogP contribution in [-0.4, -0.2) is 24.4 Å². The zero-order valence-corrected chi connectivity index (χ0v) is 19.8. The highest BCUT2D eigenvalue weighted by atomic mass is 79.9.